The van der Waals surface area contributed by atoms with Gasteiger partial charge in [-0.1, -0.05) is 91.0 Å². The molecule has 170 valence electrons. The number of benzene rings is 3. The maximum atomic E-state index is 13.4. The number of aliphatic hydroxyl groups is 1. The van der Waals surface area contributed by atoms with E-state index in [1.807, 2.05) is 42.5 Å². The maximum absolute atomic E-state index is 13.4. The Labute approximate surface area is 195 Å². The first kappa shape index (κ1) is 21.8. The molecule has 2 fully saturated rings. The quantitative estimate of drug-likeness (QED) is 0.469. The summed E-state index contributed by atoms with van der Waals surface area (Å²) in [7, 11) is 0. The van der Waals surface area contributed by atoms with Crippen molar-refractivity contribution in [2.75, 3.05) is 13.1 Å². The number of nitrogens with one attached hydrogen (secondary N) is 1. The Balaban J connectivity index is 1.26. The van der Waals surface area contributed by atoms with Crippen molar-refractivity contribution in [3.8, 4) is 0 Å². The number of rotatable bonds is 8. The third-order valence-corrected chi connectivity index (χ3v) is 7.28. The first-order valence-corrected chi connectivity index (χ1v) is 11.7. The Morgan fingerprint density at radius 1 is 1.00 bits per heavy atom. The highest BCUT2D eigenvalue weighted by Crippen LogP contribution is 2.60. The Morgan fingerprint density at radius 3 is 2.12 bits per heavy atom. The van der Waals surface area contributed by atoms with Gasteiger partial charge in [-0.25, -0.2) is 0 Å². The van der Waals surface area contributed by atoms with Crippen molar-refractivity contribution in [1.29, 1.82) is 0 Å². The second kappa shape index (κ2) is 8.75. The van der Waals surface area contributed by atoms with Gasteiger partial charge in [-0.05, 0) is 40.9 Å². The number of likely N-dealkylation sites (tertiary alicyclic amines) is 1. The zero-order valence-corrected chi connectivity index (χ0v) is 18.7. The summed E-state index contributed by atoms with van der Waals surface area (Å²) in [5.74, 6) is 0.145. The van der Waals surface area contributed by atoms with Crippen LogP contribution < -0.4 is 11.1 Å². The summed E-state index contributed by atoms with van der Waals surface area (Å²) in [4.78, 5) is 15.9. The van der Waals surface area contributed by atoms with Crippen LogP contribution in [0.4, 0.5) is 0 Å². The molecule has 1 aliphatic carbocycles. The molecule has 4 N–H and O–H groups in total. The van der Waals surface area contributed by atoms with Gasteiger partial charge < -0.3 is 16.2 Å². The molecule has 1 aliphatic heterocycles. The molecule has 0 radical (unpaired) electrons. The normalized spacial score (nSPS) is 23.0. The van der Waals surface area contributed by atoms with Crippen molar-refractivity contribution in [2.45, 2.75) is 31.2 Å². The molecule has 3 aromatic rings. The van der Waals surface area contributed by atoms with Gasteiger partial charge in [0.15, 0.2) is 5.60 Å². The fraction of sp³-hybridized carbons (Fsp3) is 0.321. The molecule has 1 amide bonds. The maximum Gasteiger partial charge on any atom is 0.262 e. The lowest BCUT2D eigenvalue weighted by Gasteiger charge is -2.30. The van der Waals surface area contributed by atoms with Crippen LogP contribution in [-0.4, -0.2) is 35.2 Å². The van der Waals surface area contributed by atoms with Crippen LogP contribution in [0, 0.1) is 11.3 Å². The van der Waals surface area contributed by atoms with Crippen molar-refractivity contribution >= 4 is 5.91 Å². The molecule has 0 aromatic heterocycles. The second-order valence-corrected chi connectivity index (χ2v) is 9.65. The molecule has 5 nitrogen and oxygen atoms in total. The van der Waals surface area contributed by atoms with Gasteiger partial charge in [-0.2, -0.15) is 0 Å². The predicted molar refractivity (Wildman–Crippen MR) is 129 cm³/mol. The van der Waals surface area contributed by atoms with E-state index in [1.165, 1.54) is 5.56 Å². The topological polar surface area (TPSA) is 78.6 Å². The minimum atomic E-state index is -1.80. The van der Waals surface area contributed by atoms with E-state index in [4.69, 9.17) is 5.73 Å². The van der Waals surface area contributed by atoms with Crippen LogP contribution in [0.25, 0.3) is 0 Å². The number of nitrogens with two attached hydrogens (primary N) is 1. The van der Waals surface area contributed by atoms with Gasteiger partial charge in [0, 0.05) is 19.6 Å². The van der Waals surface area contributed by atoms with Crippen molar-refractivity contribution < 1.29 is 9.90 Å². The van der Waals surface area contributed by atoms with Gasteiger partial charge in [0.2, 0.25) is 0 Å². The number of carbonyl (C=O) groups is 1. The molecule has 1 saturated carbocycles. The van der Waals surface area contributed by atoms with E-state index in [2.05, 4.69) is 34.5 Å². The number of hydrogen-bond acceptors (Lipinski definition) is 4. The minimum absolute atomic E-state index is 0.166. The first-order chi connectivity index (χ1) is 16.0. The predicted octanol–water partition coefficient (Wildman–Crippen LogP) is 3.24. The van der Waals surface area contributed by atoms with Gasteiger partial charge >= 0.3 is 0 Å². The first-order valence-electron chi connectivity index (χ1n) is 11.7. The van der Waals surface area contributed by atoms with Crippen LogP contribution in [0.5, 0.6) is 0 Å². The summed E-state index contributed by atoms with van der Waals surface area (Å²) < 4.78 is 0. The summed E-state index contributed by atoms with van der Waals surface area (Å²) in [6, 6.07) is 28.6. The number of piperidine rings is 1. The summed E-state index contributed by atoms with van der Waals surface area (Å²) in [6.45, 7) is 3.02. The monoisotopic (exact) mass is 441 g/mol. The fourth-order valence-electron chi connectivity index (χ4n) is 5.53. The highest BCUT2D eigenvalue weighted by molar-refractivity contribution is 5.90. The third kappa shape index (κ3) is 4.32. The van der Waals surface area contributed by atoms with E-state index in [1.54, 1.807) is 24.3 Å². The van der Waals surface area contributed by atoms with E-state index >= 15 is 0 Å². The zero-order valence-electron chi connectivity index (χ0n) is 18.7. The summed E-state index contributed by atoms with van der Waals surface area (Å²) in [5, 5.41) is 14.6. The molecular formula is C28H31N3O2. The van der Waals surface area contributed by atoms with E-state index in [-0.39, 0.29) is 5.41 Å². The van der Waals surface area contributed by atoms with E-state index in [0.717, 1.165) is 26.1 Å². The summed E-state index contributed by atoms with van der Waals surface area (Å²) >= 11 is 0. The molecule has 1 heterocycles. The standard InChI is InChI=1S/C28H31N3O2/c29-25(17-27-16-24(27)19-31(20-27)18-21-10-4-1-5-11-21)30-26(32)28(33,22-12-6-2-7-13-22)23-14-8-3-9-15-23/h1-15,24-25,33H,16-20,29H2,(H,30,32). The van der Waals surface area contributed by atoms with Crippen LogP contribution in [0.15, 0.2) is 91.0 Å². The van der Waals surface area contributed by atoms with Gasteiger partial charge in [0.05, 0.1) is 6.17 Å². The molecular weight excluding hydrogens is 410 g/mol. The fourth-order valence-corrected chi connectivity index (χ4v) is 5.53. The van der Waals surface area contributed by atoms with Crippen LogP contribution in [0.2, 0.25) is 0 Å². The molecule has 5 heteroatoms. The van der Waals surface area contributed by atoms with E-state index < -0.39 is 17.7 Å². The summed E-state index contributed by atoms with van der Waals surface area (Å²) in [6.07, 6.45) is 1.36. The molecule has 1 saturated heterocycles. The largest absolute Gasteiger partial charge is 0.372 e. The van der Waals surface area contributed by atoms with Crippen LogP contribution in [0.1, 0.15) is 29.5 Å². The number of fused-ring (bicyclic) bond motifs is 1. The van der Waals surface area contributed by atoms with E-state index in [9.17, 15) is 9.90 Å². The number of carbonyl (C=O) groups excluding carboxylic acids is 1. The molecule has 0 spiro atoms. The average molecular weight is 442 g/mol. The zero-order chi connectivity index (χ0) is 22.9. The Hall–Kier alpha value is -2.99. The number of hydrogen-bond donors (Lipinski definition) is 3. The molecule has 33 heavy (non-hydrogen) atoms. The Morgan fingerprint density at radius 2 is 1.55 bits per heavy atom. The smallest absolute Gasteiger partial charge is 0.262 e. The van der Waals surface area contributed by atoms with Crippen LogP contribution in [-0.2, 0) is 16.9 Å². The second-order valence-electron chi connectivity index (χ2n) is 9.65. The van der Waals surface area contributed by atoms with Gasteiger partial charge in [0.25, 0.3) is 5.91 Å². The van der Waals surface area contributed by atoms with Crippen LogP contribution >= 0.6 is 0 Å². The van der Waals surface area contributed by atoms with Gasteiger partial charge in [-0.3, -0.25) is 9.69 Å². The average Bonchev–Trinajstić information content (AvgIpc) is 3.38. The Bertz CT molecular complexity index is 1050. The number of nitrogens with zero attached hydrogens (tertiary/aromatic N) is 1. The van der Waals surface area contributed by atoms with Crippen molar-refractivity contribution in [3.63, 3.8) is 0 Å². The van der Waals surface area contributed by atoms with Crippen molar-refractivity contribution in [3.05, 3.63) is 108 Å². The number of amides is 1. The summed E-state index contributed by atoms with van der Waals surface area (Å²) in [5.41, 5.74) is 7.20. The highest BCUT2D eigenvalue weighted by Gasteiger charge is 2.59. The molecule has 3 aromatic carbocycles. The van der Waals surface area contributed by atoms with Crippen LogP contribution in [0.3, 0.4) is 0 Å². The van der Waals surface area contributed by atoms with Crippen molar-refractivity contribution in [1.82, 2.24) is 10.2 Å². The van der Waals surface area contributed by atoms with Gasteiger partial charge in [0.1, 0.15) is 0 Å². The highest BCUT2D eigenvalue weighted by atomic mass is 16.3. The van der Waals surface area contributed by atoms with E-state index in [0.29, 0.717) is 23.5 Å². The molecule has 2 aliphatic rings. The Kier molecular flexibility index (Phi) is 5.79. The lowest BCUT2D eigenvalue weighted by Crippen LogP contribution is -2.52. The molecule has 3 atom stereocenters. The lowest BCUT2D eigenvalue weighted by molar-refractivity contribution is -0.137. The lowest BCUT2D eigenvalue weighted by atomic mass is 9.85. The molecule has 5 rings (SSSR count). The SMILES string of the molecule is NC(CC12CC1CN(Cc1ccccc1)C2)NC(=O)C(O)(c1ccccc1)c1ccccc1. The molecule has 3 unspecified atom stereocenters. The van der Waals surface area contributed by atoms with Gasteiger partial charge in [-0.15, -0.1) is 0 Å². The third-order valence-electron chi connectivity index (χ3n) is 7.28. The van der Waals surface area contributed by atoms with Crippen molar-refractivity contribution in [2.24, 2.45) is 17.1 Å². The molecule has 0 bridgehead atoms. The minimum Gasteiger partial charge on any atom is -0.372 e.